The molecule has 2 aliphatic heterocycles. The van der Waals surface area contributed by atoms with E-state index < -0.39 is 68.2 Å². The van der Waals surface area contributed by atoms with E-state index in [1.54, 1.807) is 41.9 Å². The molecule has 53 heavy (non-hydrogen) atoms. The molecule has 1 aromatic carbocycles. The molecule has 4 aliphatic rings. The highest BCUT2D eigenvalue weighted by molar-refractivity contribution is 7.91. The highest BCUT2D eigenvalue weighted by Crippen LogP contribution is 2.47. The number of allylic oxidation sites excluding steroid dienone is 1. The Labute approximate surface area is 311 Å². The van der Waals surface area contributed by atoms with Gasteiger partial charge in [-0.2, -0.15) is 4.98 Å². The molecule has 15 nitrogen and oxygen atoms in total. The van der Waals surface area contributed by atoms with Crippen molar-refractivity contribution in [1.82, 2.24) is 34.6 Å². The average molecular weight is 770 g/mol. The van der Waals surface area contributed by atoms with Gasteiger partial charge in [0.25, 0.3) is 5.91 Å². The first-order valence-corrected chi connectivity index (χ1v) is 19.9. The van der Waals surface area contributed by atoms with Crippen LogP contribution in [0.4, 0.5) is 4.79 Å². The summed E-state index contributed by atoms with van der Waals surface area (Å²) in [6.45, 7) is 5.42. The van der Waals surface area contributed by atoms with Crippen molar-refractivity contribution in [1.29, 1.82) is 0 Å². The van der Waals surface area contributed by atoms with Gasteiger partial charge in [0, 0.05) is 29.8 Å². The molecule has 2 saturated carbocycles. The highest BCUT2D eigenvalue weighted by Gasteiger charge is 2.63. The number of carbonyl (C=O) groups excluding carboxylic acids is 3. The van der Waals surface area contributed by atoms with Gasteiger partial charge in [-0.05, 0) is 75.5 Å². The monoisotopic (exact) mass is 769 g/mol. The number of imidazole rings is 1. The lowest BCUT2D eigenvalue weighted by Crippen LogP contribution is -2.59. The van der Waals surface area contributed by atoms with Crippen LogP contribution < -0.4 is 20.1 Å². The number of nitrogens with one attached hydrogen (secondary N) is 3. The fourth-order valence-corrected chi connectivity index (χ4v) is 9.29. The van der Waals surface area contributed by atoms with Crippen LogP contribution in [0.2, 0.25) is 5.02 Å². The minimum atomic E-state index is -4.01. The number of benzene rings is 1. The van der Waals surface area contributed by atoms with Crippen LogP contribution in [0.1, 0.15) is 72.1 Å². The molecule has 3 aromatic rings. The highest BCUT2D eigenvalue weighted by atomic mass is 35.5. The Morgan fingerprint density at radius 2 is 1.98 bits per heavy atom. The zero-order chi connectivity index (χ0) is 37.9. The Morgan fingerprint density at radius 1 is 1.21 bits per heavy atom. The van der Waals surface area contributed by atoms with Crippen molar-refractivity contribution < 1.29 is 37.4 Å². The van der Waals surface area contributed by atoms with E-state index in [0.29, 0.717) is 48.3 Å². The maximum Gasteiger partial charge on any atom is 0.405 e. The van der Waals surface area contributed by atoms with Crippen LogP contribution in [0.25, 0.3) is 16.7 Å². The summed E-state index contributed by atoms with van der Waals surface area (Å²) in [6.07, 6.45) is 8.40. The minimum absolute atomic E-state index is 0.0253. The Hall–Kier alpha value is -4.44. The number of nitrogens with zero attached hydrogens (tertiary/aromatic N) is 4. The molecule has 2 aromatic heterocycles. The second-order valence-corrected chi connectivity index (χ2v) is 17.9. The number of sulfonamides is 1. The molecule has 17 heteroatoms. The Balaban J connectivity index is 1.25. The third-order valence-electron chi connectivity index (χ3n) is 11.4. The van der Waals surface area contributed by atoms with Crippen molar-refractivity contribution in [3.05, 3.63) is 47.8 Å². The first kappa shape index (κ1) is 36.9. The van der Waals surface area contributed by atoms with E-state index in [-0.39, 0.29) is 37.1 Å². The number of aromatic nitrogens is 3. The van der Waals surface area contributed by atoms with Crippen molar-refractivity contribution in [2.24, 2.45) is 17.8 Å². The molecule has 284 valence electrons. The fourth-order valence-electron chi connectivity index (χ4n) is 7.80. The molecule has 7 rings (SSSR count). The normalized spacial score (nSPS) is 30.1. The lowest BCUT2D eigenvalue weighted by Gasteiger charge is -2.33. The topological polar surface area (TPSA) is 201 Å². The van der Waals surface area contributed by atoms with E-state index in [1.807, 2.05) is 26.0 Å². The van der Waals surface area contributed by atoms with Crippen molar-refractivity contribution in [3.63, 3.8) is 0 Å². The summed E-state index contributed by atoms with van der Waals surface area (Å²) in [7, 11) is -4.01. The van der Waals surface area contributed by atoms with Gasteiger partial charge in [-0.25, -0.2) is 18.2 Å². The van der Waals surface area contributed by atoms with E-state index >= 15 is 0 Å². The van der Waals surface area contributed by atoms with E-state index in [9.17, 15) is 32.7 Å². The summed E-state index contributed by atoms with van der Waals surface area (Å²) in [6, 6.07) is 2.88. The second kappa shape index (κ2) is 13.8. The molecule has 0 bridgehead atoms. The van der Waals surface area contributed by atoms with Crippen LogP contribution >= 0.6 is 11.6 Å². The lowest BCUT2D eigenvalue weighted by atomic mass is 9.85. The summed E-state index contributed by atoms with van der Waals surface area (Å²) >= 11 is 6.37. The fraction of sp³-hybridized carbons (Fsp3) is 0.556. The maximum atomic E-state index is 14.6. The van der Waals surface area contributed by atoms with Gasteiger partial charge < -0.3 is 25.4 Å². The molecule has 0 unspecified atom stereocenters. The van der Waals surface area contributed by atoms with Gasteiger partial charge in [-0.1, -0.05) is 44.0 Å². The number of ether oxygens (including phenoxy) is 1. The lowest BCUT2D eigenvalue weighted by molar-refractivity contribution is -0.142. The average Bonchev–Trinajstić information content (AvgIpc) is 3.89. The molecule has 2 aliphatic carbocycles. The Morgan fingerprint density at radius 3 is 2.70 bits per heavy atom. The third-order valence-corrected chi connectivity index (χ3v) is 13.8. The summed E-state index contributed by atoms with van der Waals surface area (Å²) in [5.74, 6) is -2.29. The zero-order valence-electron chi connectivity index (χ0n) is 29.7. The van der Waals surface area contributed by atoms with Crippen LogP contribution in [0.3, 0.4) is 0 Å². The number of carboxylic acid groups (broad SMARTS) is 1. The Bertz CT molecular complexity index is 2120. The standard InChI is InChI=1S/C36H44ClN7O8S/c1-4-21-15-20(2)7-5-6-8-22-18-36(22,32(47)42-53(50,51)35(3)11-12-35)41-29(45)27-17-24(19-44(27)31(46)28(21)39-34(48)49)52-30-25-16-23(37)9-10-26(25)43-14-13-38-33(43)40-30/h6,8-10,13-14,16,20-22,24,27-28,39H,4-5,7,11-12,15,17-19H2,1-3H3,(H,41,45)(H,42,47)(H,48,49)/t20-,21+,22+,24+,27-,28-,36+/m0/s1. The number of hydrogen-bond donors (Lipinski definition) is 4. The van der Waals surface area contributed by atoms with Crippen LogP contribution in [-0.4, -0.2) is 91.6 Å². The van der Waals surface area contributed by atoms with Gasteiger partial charge in [0.15, 0.2) is 0 Å². The van der Waals surface area contributed by atoms with Gasteiger partial charge in [-0.15, -0.1) is 0 Å². The Kier molecular flexibility index (Phi) is 9.58. The van der Waals surface area contributed by atoms with Crippen LogP contribution in [0, 0.1) is 17.8 Å². The van der Waals surface area contributed by atoms with Crippen molar-refractivity contribution >= 4 is 62.1 Å². The summed E-state index contributed by atoms with van der Waals surface area (Å²) < 4.78 is 35.7. The van der Waals surface area contributed by atoms with Gasteiger partial charge in [0.2, 0.25) is 33.5 Å². The van der Waals surface area contributed by atoms with E-state index in [2.05, 4.69) is 25.3 Å². The third kappa shape index (κ3) is 7.02. The van der Waals surface area contributed by atoms with Crippen LogP contribution in [0.5, 0.6) is 5.88 Å². The van der Waals surface area contributed by atoms with Gasteiger partial charge in [0.05, 0.1) is 22.2 Å². The number of fused-ring (bicyclic) bond motifs is 5. The maximum absolute atomic E-state index is 14.6. The summed E-state index contributed by atoms with van der Waals surface area (Å²) in [5, 5.41) is 16.2. The molecule has 4 N–H and O–H groups in total. The SMILES string of the molecule is CC[C@@H]1C[C@@H](C)CCC=C[C@@H]2C[C@@]2(C(=O)NS(=O)(=O)C2(C)CC2)NC(=O)[C@@H]2C[C@@H](Oc3nc4nccn4c4ccc(Cl)cc34)CN2C(=O)[C@H]1NC(=O)O. The first-order valence-electron chi connectivity index (χ1n) is 18.1. The van der Waals surface area contributed by atoms with Gasteiger partial charge in [-0.3, -0.25) is 23.5 Å². The minimum Gasteiger partial charge on any atom is -0.472 e. The van der Waals surface area contributed by atoms with Crippen molar-refractivity contribution in [3.8, 4) is 5.88 Å². The molecule has 7 atom stereocenters. The zero-order valence-corrected chi connectivity index (χ0v) is 31.3. The smallest absolute Gasteiger partial charge is 0.405 e. The molecule has 4 heterocycles. The van der Waals surface area contributed by atoms with Gasteiger partial charge in [0.1, 0.15) is 23.7 Å². The summed E-state index contributed by atoms with van der Waals surface area (Å²) in [4.78, 5) is 65.2. The van der Waals surface area contributed by atoms with Gasteiger partial charge >= 0.3 is 6.09 Å². The van der Waals surface area contributed by atoms with E-state index in [0.717, 1.165) is 11.9 Å². The molecule has 3 fully saturated rings. The second-order valence-electron chi connectivity index (χ2n) is 15.3. The van der Waals surface area contributed by atoms with Crippen LogP contribution in [0.15, 0.2) is 42.7 Å². The molecular weight excluding hydrogens is 726 g/mol. The van der Waals surface area contributed by atoms with E-state index in [1.165, 1.54) is 4.90 Å². The summed E-state index contributed by atoms with van der Waals surface area (Å²) in [5.41, 5.74) is -0.842. The molecular formula is C36H44ClN7O8S. The van der Waals surface area contributed by atoms with E-state index in [4.69, 9.17) is 16.3 Å². The van der Waals surface area contributed by atoms with Crippen molar-refractivity contribution in [2.45, 2.75) is 101 Å². The quantitative estimate of drug-likeness (QED) is 0.256. The number of carbonyl (C=O) groups is 4. The number of amides is 4. The number of halogens is 1. The largest absolute Gasteiger partial charge is 0.472 e. The molecule has 0 spiro atoms. The first-order chi connectivity index (χ1) is 25.1. The predicted octanol–water partition coefficient (Wildman–Crippen LogP) is 3.80. The molecule has 0 radical (unpaired) electrons. The number of hydrogen-bond acceptors (Lipinski definition) is 9. The molecule has 4 amide bonds. The van der Waals surface area contributed by atoms with Crippen LogP contribution in [-0.2, 0) is 24.4 Å². The number of rotatable bonds is 7. The predicted molar refractivity (Wildman–Crippen MR) is 195 cm³/mol. The van der Waals surface area contributed by atoms with Crippen molar-refractivity contribution in [2.75, 3.05) is 6.54 Å². The molecule has 1 saturated heterocycles.